The van der Waals surface area contributed by atoms with Gasteiger partial charge >= 0.3 is 0 Å². The van der Waals surface area contributed by atoms with Crippen LogP contribution in [0.25, 0.3) is 98.4 Å². The van der Waals surface area contributed by atoms with Gasteiger partial charge in [0, 0.05) is 10.8 Å². The van der Waals surface area contributed by atoms with E-state index in [0.717, 1.165) is 21.9 Å². The SMILES string of the molecule is c1ccc(-c2ccc(-c3ccc4ccc5c(-c6ccc7oc8cc9ccccc9cc8c7c6)ccc6ccc3c4c65)cc2)cc1. The Morgan fingerprint density at radius 1 is 0.289 bits per heavy atom. The molecule has 0 aliphatic rings. The van der Waals surface area contributed by atoms with Crippen molar-refractivity contribution in [1.29, 1.82) is 0 Å². The van der Waals surface area contributed by atoms with E-state index in [1.807, 2.05) is 0 Å². The van der Waals surface area contributed by atoms with Crippen molar-refractivity contribution >= 4 is 65.0 Å². The van der Waals surface area contributed by atoms with Crippen LogP contribution < -0.4 is 0 Å². The van der Waals surface area contributed by atoms with E-state index < -0.39 is 0 Å². The van der Waals surface area contributed by atoms with Crippen molar-refractivity contribution in [2.75, 3.05) is 0 Å². The first-order valence-electron chi connectivity index (χ1n) is 15.5. The van der Waals surface area contributed by atoms with E-state index in [4.69, 9.17) is 4.42 Å². The molecule has 0 aliphatic heterocycles. The number of fused-ring (bicyclic) bond motifs is 4. The molecule has 0 fully saturated rings. The maximum absolute atomic E-state index is 6.32. The third-order valence-corrected chi connectivity index (χ3v) is 9.62. The summed E-state index contributed by atoms with van der Waals surface area (Å²) in [5, 5.41) is 12.5. The average Bonchev–Trinajstić information content (AvgIpc) is 3.46. The molecule has 10 aromatic rings. The fourth-order valence-electron chi connectivity index (χ4n) is 7.41. The summed E-state index contributed by atoms with van der Waals surface area (Å²) in [5.74, 6) is 0. The summed E-state index contributed by atoms with van der Waals surface area (Å²) in [7, 11) is 0. The number of hydrogen-bond donors (Lipinski definition) is 0. The molecule has 1 nitrogen and oxygen atoms in total. The smallest absolute Gasteiger partial charge is 0.136 e. The van der Waals surface area contributed by atoms with E-state index in [0.29, 0.717) is 0 Å². The van der Waals surface area contributed by atoms with Gasteiger partial charge in [-0.25, -0.2) is 0 Å². The summed E-state index contributed by atoms with van der Waals surface area (Å²) in [6, 6.07) is 57.4. The van der Waals surface area contributed by atoms with Crippen LogP contribution in [0, 0.1) is 0 Å². The summed E-state index contributed by atoms with van der Waals surface area (Å²) in [6.45, 7) is 0. The Kier molecular flexibility index (Phi) is 5.06. The highest BCUT2D eigenvalue weighted by atomic mass is 16.3. The first-order valence-corrected chi connectivity index (χ1v) is 15.5. The van der Waals surface area contributed by atoms with Gasteiger partial charge < -0.3 is 4.42 Å². The van der Waals surface area contributed by atoms with E-state index in [1.165, 1.54) is 76.5 Å². The molecule has 0 atom stereocenters. The molecule has 1 heterocycles. The largest absolute Gasteiger partial charge is 0.456 e. The lowest BCUT2D eigenvalue weighted by atomic mass is 9.87. The molecule has 0 spiro atoms. The highest BCUT2D eigenvalue weighted by Crippen LogP contribution is 2.43. The van der Waals surface area contributed by atoms with Crippen LogP contribution in [0.2, 0.25) is 0 Å². The predicted molar refractivity (Wildman–Crippen MR) is 191 cm³/mol. The van der Waals surface area contributed by atoms with Gasteiger partial charge in [0.1, 0.15) is 11.2 Å². The van der Waals surface area contributed by atoms with Crippen molar-refractivity contribution in [3.8, 4) is 33.4 Å². The molecule has 0 amide bonds. The zero-order valence-electron chi connectivity index (χ0n) is 24.4. The van der Waals surface area contributed by atoms with Crippen molar-refractivity contribution in [2.45, 2.75) is 0 Å². The fourth-order valence-corrected chi connectivity index (χ4v) is 7.41. The summed E-state index contributed by atoms with van der Waals surface area (Å²) in [6.07, 6.45) is 0. The lowest BCUT2D eigenvalue weighted by molar-refractivity contribution is 0.669. The number of benzene rings is 9. The highest BCUT2D eigenvalue weighted by molar-refractivity contribution is 6.27. The highest BCUT2D eigenvalue weighted by Gasteiger charge is 2.16. The fraction of sp³-hybridized carbons (Fsp3) is 0. The first-order chi connectivity index (χ1) is 22.3. The topological polar surface area (TPSA) is 13.1 Å². The van der Waals surface area contributed by atoms with Crippen LogP contribution in [-0.2, 0) is 0 Å². The van der Waals surface area contributed by atoms with Crippen LogP contribution in [0.15, 0.2) is 162 Å². The average molecular weight is 571 g/mol. The molecule has 208 valence electrons. The van der Waals surface area contributed by atoms with Crippen molar-refractivity contribution in [3.05, 3.63) is 158 Å². The zero-order valence-corrected chi connectivity index (χ0v) is 24.4. The minimum Gasteiger partial charge on any atom is -0.456 e. The quantitative estimate of drug-likeness (QED) is 0.193. The zero-order chi connectivity index (χ0) is 29.5. The van der Waals surface area contributed by atoms with Gasteiger partial charge in [0.15, 0.2) is 0 Å². The van der Waals surface area contributed by atoms with Gasteiger partial charge in [-0.15, -0.1) is 0 Å². The molecule has 1 heteroatoms. The van der Waals surface area contributed by atoms with Gasteiger partial charge in [0.05, 0.1) is 0 Å². The second-order valence-electron chi connectivity index (χ2n) is 12.1. The van der Waals surface area contributed by atoms with E-state index in [-0.39, 0.29) is 0 Å². The van der Waals surface area contributed by atoms with Gasteiger partial charge in [-0.05, 0) is 101 Å². The molecule has 0 radical (unpaired) electrons. The van der Waals surface area contributed by atoms with Crippen molar-refractivity contribution in [3.63, 3.8) is 0 Å². The molecule has 0 bridgehead atoms. The standard InChI is InChI=1S/C44H26O/c1-2-6-27(7-3-1)28-10-12-29(13-11-28)35-19-14-30-17-22-38-36(20-15-31-16-21-37(35)43(30)44(31)38)34-18-23-41-39(25-34)40-24-32-8-4-5-9-33(32)26-42(40)45-41/h1-26H. The first kappa shape index (κ1) is 24.5. The molecule has 0 aliphatic carbocycles. The summed E-state index contributed by atoms with van der Waals surface area (Å²) in [5.41, 5.74) is 9.27. The lowest BCUT2D eigenvalue weighted by Gasteiger charge is -2.17. The third kappa shape index (κ3) is 3.68. The summed E-state index contributed by atoms with van der Waals surface area (Å²) in [4.78, 5) is 0. The number of hydrogen-bond acceptors (Lipinski definition) is 1. The van der Waals surface area contributed by atoms with Crippen molar-refractivity contribution in [2.24, 2.45) is 0 Å². The second kappa shape index (κ2) is 9.29. The maximum atomic E-state index is 6.32. The third-order valence-electron chi connectivity index (χ3n) is 9.62. The Balaban J connectivity index is 1.16. The molecule has 0 unspecified atom stereocenters. The monoisotopic (exact) mass is 570 g/mol. The van der Waals surface area contributed by atoms with Gasteiger partial charge in [0.2, 0.25) is 0 Å². The van der Waals surface area contributed by atoms with Crippen LogP contribution in [0.4, 0.5) is 0 Å². The van der Waals surface area contributed by atoms with E-state index in [9.17, 15) is 0 Å². The Hall–Kier alpha value is -5.92. The molecular weight excluding hydrogens is 544 g/mol. The number of rotatable bonds is 3. The Morgan fingerprint density at radius 3 is 1.53 bits per heavy atom. The lowest BCUT2D eigenvalue weighted by Crippen LogP contribution is -1.89. The van der Waals surface area contributed by atoms with Gasteiger partial charge in [-0.2, -0.15) is 0 Å². The Bertz CT molecular complexity index is 2730. The molecule has 0 saturated heterocycles. The molecule has 0 saturated carbocycles. The van der Waals surface area contributed by atoms with E-state index >= 15 is 0 Å². The van der Waals surface area contributed by atoms with Crippen LogP contribution in [-0.4, -0.2) is 0 Å². The minimum atomic E-state index is 0.921. The molecule has 45 heavy (non-hydrogen) atoms. The molecule has 0 N–H and O–H groups in total. The maximum Gasteiger partial charge on any atom is 0.136 e. The second-order valence-corrected chi connectivity index (χ2v) is 12.1. The number of furan rings is 1. The van der Waals surface area contributed by atoms with Gasteiger partial charge in [0.25, 0.3) is 0 Å². The normalized spacial score (nSPS) is 12.0. The van der Waals surface area contributed by atoms with Crippen molar-refractivity contribution in [1.82, 2.24) is 0 Å². The molecule has 9 aromatic carbocycles. The predicted octanol–water partition coefficient (Wildman–Crippen LogP) is 12.6. The molecular formula is C44H26O. The van der Waals surface area contributed by atoms with E-state index in [1.54, 1.807) is 0 Å². The van der Waals surface area contributed by atoms with Gasteiger partial charge in [-0.3, -0.25) is 0 Å². The summed E-state index contributed by atoms with van der Waals surface area (Å²) < 4.78 is 6.32. The van der Waals surface area contributed by atoms with Crippen LogP contribution >= 0.6 is 0 Å². The van der Waals surface area contributed by atoms with Crippen molar-refractivity contribution < 1.29 is 4.42 Å². The van der Waals surface area contributed by atoms with Crippen LogP contribution in [0.5, 0.6) is 0 Å². The molecule has 1 aromatic heterocycles. The molecule has 10 rings (SSSR count). The van der Waals surface area contributed by atoms with Gasteiger partial charge in [-0.1, -0.05) is 133 Å². The summed E-state index contributed by atoms with van der Waals surface area (Å²) >= 11 is 0. The Morgan fingerprint density at radius 2 is 0.822 bits per heavy atom. The van der Waals surface area contributed by atoms with E-state index in [2.05, 4.69) is 158 Å². The minimum absolute atomic E-state index is 0.921. The Labute approximate surface area is 259 Å². The van der Waals surface area contributed by atoms with Crippen LogP contribution in [0.3, 0.4) is 0 Å². The van der Waals surface area contributed by atoms with Crippen LogP contribution in [0.1, 0.15) is 0 Å².